The number of fused-ring (bicyclic) bond motifs is 1. The van der Waals surface area contributed by atoms with E-state index in [0.29, 0.717) is 18.7 Å². The lowest BCUT2D eigenvalue weighted by Gasteiger charge is -2.26. The first kappa shape index (κ1) is 24.0. The number of ketones is 1. The molecule has 0 spiro atoms. The van der Waals surface area contributed by atoms with Gasteiger partial charge in [-0.3, -0.25) is 14.4 Å². The molecule has 0 aromatic heterocycles. The minimum Gasteiger partial charge on any atom is -0.481 e. The molecule has 1 N–H and O–H groups in total. The molecular weight excluding hydrogens is 420 g/mol. The SMILES string of the molecule is CCN(CC)c1ccc2c(c1)OC(=O)C(C(=O)/C=C/c1ccc(N(C)CCC(=O)O)cc1)C2. The minimum atomic E-state index is -0.852. The fourth-order valence-electron chi connectivity index (χ4n) is 3.82. The molecule has 3 rings (SSSR count). The second kappa shape index (κ2) is 10.8. The average Bonchev–Trinajstić information content (AvgIpc) is 2.81. The first-order chi connectivity index (χ1) is 15.8. The van der Waals surface area contributed by atoms with Gasteiger partial charge in [0.1, 0.15) is 11.7 Å². The van der Waals surface area contributed by atoms with Gasteiger partial charge in [0, 0.05) is 44.1 Å². The topological polar surface area (TPSA) is 87.2 Å². The van der Waals surface area contributed by atoms with Crippen molar-refractivity contribution in [3.63, 3.8) is 0 Å². The van der Waals surface area contributed by atoms with E-state index in [9.17, 15) is 14.4 Å². The monoisotopic (exact) mass is 450 g/mol. The van der Waals surface area contributed by atoms with Crippen molar-refractivity contribution >= 4 is 35.2 Å². The van der Waals surface area contributed by atoms with Crippen LogP contribution in [0.2, 0.25) is 0 Å². The van der Waals surface area contributed by atoms with Gasteiger partial charge in [0.15, 0.2) is 5.78 Å². The molecule has 0 bridgehead atoms. The summed E-state index contributed by atoms with van der Waals surface area (Å²) in [7, 11) is 1.83. The van der Waals surface area contributed by atoms with Crippen molar-refractivity contribution < 1.29 is 24.2 Å². The summed E-state index contributed by atoms with van der Waals surface area (Å²) in [6.07, 6.45) is 3.48. The Labute approximate surface area is 194 Å². The number of hydrogen-bond donors (Lipinski definition) is 1. The first-order valence-corrected chi connectivity index (χ1v) is 11.2. The normalized spacial score (nSPS) is 15.1. The van der Waals surface area contributed by atoms with E-state index in [0.717, 1.165) is 35.6 Å². The Hall–Kier alpha value is -3.61. The highest BCUT2D eigenvalue weighted by molar-refractivity contribution is 6.08. The third kappa shape index (κ3) is 6.00. The number of ether oxygens (including phenoxy) is 1. The summed E-state index contributed by atoms with van der Waals surface area (Å²) >= 11 is 0. The summed E-state index contributed by atoms with van der Waals surface area (Å²) in [5.74, 6) is -1.98. The number of benzene rings is 2. The number of carbonyl (C=O) groups excluding carboxylic acids is 2. The molecule has 0 amide bonds. The van der Waals surface area contributed by atoms with Crippen molar-refractivity contribution in [3.8, 4) is 5.75 Å². The van der Waals surface area contributed by atoms with E-state index in [1.807, 2.05) is 54.4 Å². The van der Waals surface area contributed by atoms with Crippen LogP contribution in [0.15, 0.2) is 48.5 Å². The molecule has 2 aromatic rings. The number of allylic oxidation sites excluding steroid dienone is 1. The summed E-state index contributed by atoms with van der Waals surface area (Å²) in [4.78, 5) is 40.0. The van der Waals surface area contributed by atoms with Crippen molar-refractivity contribution in [3.05, 3.63) is 59.7 Å². The van der Waals surface area contributed by atoms with Gasteiger partial charge in [-0.2, -0.15) is 0 Å². The molecule has 1 aliphatic rings. The van der Waals surface area contributed by atoms with Crippen LogP contribution in [-0.4, -0.2) is 49.5 Å². The molecule has 0 radical (unpaired) electrons. The number of aliphatic carboxylic acids is 1. The maximum atomic E-state index is 12.7. The molecule has 7 heteroatoms. The van der Waals surface area contributed by atoms with E-state index < -0.39 is 17.9 Å². The van der Waals surface area contributed by atoms with E-state index in [1.165, 1.54) is 6.08 Å². The predicted molar refractivity (Wildman–Crippen MR) is 129 cm³/mol. The summed E-state index contributed by atoms with van der Waals surface area (Å²) in [6.45, 7) is 6.26. The van der Waals surface area contributed by atoms with Crippen LogP contribution in [0.1, 0.15) is 31.4 Å². The van der Waals surface area contributed by atoms with Gasteiger partial charge in [-0.1, -0.05) is 24.3 Å². The van der Waals surface area contributed by atoms with E-state index in [1.54, 1.807) is 6.08 Å². The number of hydrogen-bond acceptors (Lipinski definition) is 6. The molecular formula is C26H30N2O5. The van der Waals surface area contributed by atoms with Crippen LogP contribution in [0.5, 0.6) is 5.75 Å². The second-order valence-electron chi connectivity index (χ2n) is 8.03. The van der Waals surface area contributed by atoms with Gasteiger partial charge in [-0.25, -0.2) is 0 Å². The Morgan fingerprint density at radius 3 is 2.39 bits per heavy atom. The maximum absolute atomic E-state index is 12.7. The van der Waals surface area contributed by atoms with Crippen LogP contribution >= 0.6 is 0 Å². The molecule has 174 valence electrons. The highest BCUT2D eigenvalue weighted by Gasteiger charge is 2.33. The molecule has 7 nitrogen and oxygen atoms in total. The lowest BCUT2D eigenvalue weighted by atomic mass is 9.91. The Morgan fingerprint density at radius 1 is 1.09 bits per heavy atom. The molecule has 0 fully saturated rings. The quantitative estimate of drug-likeness (QED) is 0.255. The Kier molecular flexibility index (Phi) is 7.87. The molecule has 33 heavy (non-hydrogen) atoms. The summed E-state index contributed by atoms with van der Waals surface area (Å²) in [5, 5.41) is 8.81. The van der Waals surface area contributed by atoms with E-state index in [2.05, 4.69) is 18.7 Å². The summed E-state index contributed by atoms with van der Waals surface area (Å²) < 4.78 is 5.51. The molecule has 0 saturated heterocycles. The lowest BCUT2D eigenvalue weighted by Crippen LogP contribution is -2.33. The largest absolute Gasteiger partial charge is 0.481 e. The standard InChI is InChI=1S/C26H30N2O5/c1-4-28(5-2)21-12-9-19-16-22(26(32)33-24(19)17-21)23(29)13-8-18-6-10-20(11-7-18)27(3)15-14-25(30)31/h6-13,17,22H,4-5,14-16H2,1-3H3,(H,30,31)/b13-8+. The van der Waals surface area contributed by atoms with Crippen molar-refractivity contribution in [2.75, 3.05) is 36.5 Å². The van der Waals surface area contributed by atoms with Gasteiger partial charge in [-0.05, 0) is 55.7 Å². The number of esters is 1. The van der Waals surface area contributed by atoms with Crippen molar-refractivity contribution in [1.82, 2.24) is 0 Å². The molecule has 0 saturated carbocycles. The summed E-state index contributed by atoms with van der Waals surface area (Å²) in [5.41, 5.74) is 3.54. The molecule has 0 aliphatic carbocycles. The Morgan fingerprint density at radius 2 is 1.76 bits per heavy atom. The van der Waals surface area contributed by atoms with Gasteiger partial charge in [-0.15, -0.1) is 0 Å². The fourth-order valence-corrected chi connectivity index (χ4v) is 3.82. The molecule has 1 unspecified atom stereocenters. The van der Waals surface area contributed by atoms with Crippen molar-refractivity contribution in [2.45, 2.75) is 26.7 Å². The van der Waals surface area contributed by atoms with Gasteiger partial charge >= 0.3 is 11.9 Å². The Bertz CT molecular complexity index is 1040. The number of anilines is 2. The first-order valence-electron chi connectivity index (χ1n) is 11.2. The predicted octanol–water partition coefficient (Wildman–Crippen LogP) is 3.80. The fraction of sp³-hybridized carbons (Fsp3) is 0.346. The number of rotatable bonds is 10. The summed E-state index contributed by atoms with van der Waals surface area (Å²) in [6, 6.07) is 13.2. The van der Waals surface area contributed by atoms with E-state index >= 15 is 0 Å². The number of carboxylic acid groups (broad SMARTS) is 1. The smallest absolute Gasteiger partial charge is 0.322 e. The van der Waals surface area contributed by atoms with Crippen molar-refractivity contribution in [1.29, 1.82) is 0 Å². The molecule has 1 aliphatic heterocycles. The number of nitrogens with zero attached hydrogens (tertiary/aromatic N) is 2. The van der Waals surface area contributed by atoms with Crippen LogP contribution in [0.4, 0.5) is 11.4 Å². The molecule has 2 aromatic carbocycles. The second-order valence-corrected chi connectivity index (χ2v) is 8.03. The van der Waals surface area contributed by atoms with Crippen LogP contribution in [-0.2, 0) is 20.8 Å². The van der Waals surface area contributed by atoms with Gasteiger partial charge in [0.2, 0.25) is 0 Å². The third-order valence-electron chi connectivity index (χ3n) is 5.88. The number of carbonyl (C=O) groups is 3. The average molecular weight is 451 g/mol. The van der Waals surface area contributed by atoms with Crippen LogP contribution in [0.3, 0.4) is 0 Å². The lowest BCUT2D eigenvalue weighted by molar-refractivity contribution is -0.144. The third-order valence-corrected chi connectivity index (χ3v) is 5.88. The highest BCUT2D eigenvalue weighted by atomic mass is 16.5. The zero-order valence-electron chi connectivity index (χ0n) is 19.3. The molecule has 1 atom stereocenters. The maximum Gasteiger partial charge on any atom is 0.322 e. The van der Waals surface area contributed by atoms with Gasteiger partial charge in [0.05, 0.1) is 6.42 Å². The number of carboxylic acids is 1. The van der Waals surface area contributed by atoms with Crippen LogP contribution in [0.25, 0.3) is 6.08 Å². The van der Waals surface area contributed by atoms with Gasteiger partial charge < -0.3 is 19.6 Å². The van der Waals surface area contributed by atoms with Gasteiger partial charge in [0.25, 0.3) is 0 Å². The highest BCUT2D eigenvalue weighted by Crippen LogP contribution is 2.32. The van der Waals surface area contributed by atoms with Crippen LogP contribution in [0, 0.1) is 5.92 Å². The van der Waals surface area contributed by atoms with E-state index in [4.69, 9.17) is 9.84 Å². The van der Waals surface area contributed by atoms with E-state index in [-0.39, 0.29) is 12.2 Å². The minimum absolute atomic E-state index is 0.0596. The zero-order chi connectivity index (χ0) is 24.0. The van der Waals surface area contributed by atoms with Crippen molar-refractivity contribution in [2.24, 2.45) is 5.92 Å². The molecule has 1 heterocycles. The Balaban J connectivity index is 1.65. The van der Waals surface area contributed by atoms with Crippen LogP contribution < -0.4 is 14.5 Å². The zero-order valence-corrected chi connectivity index (χ0v) is 19.3.